The second-order valence-electron chi connectivity index (χ2n) is 10.9. The molecule has 32 heavy (non-hydrogen) atoms. The lowest BCUT2D eigenvalue weighted by Gasteiger charge is -2.37. The smallest absolute Gasteiger partial charge is 0.412 e. The molecule has 1 heterocycles. The van der Waals surface area contributed by atoms with E-state index in [9.17, 15) is 15.0 Å². The fourth-order valence-corrected chi connectivity index (χ4v) is 4.37. The van der Waals surface area contributed by atoms with Crippen molar-refractivity contribution >= 4 is 6.09 Å². The van der Waals surface area contributed by atoms with Crippen LogP contribution in [-0.2, 0) is 9.47 Å². The SMILES string of the molecule is CCCCCCCCCCCCCC[C@@H](O)[C@H](O)[C@@H]1COC(C)(C)N1C(=O)OC(C)(C)C. The van der Waals surface area contributed by atoms with E-state index in [4.69, 9.17) is 9.47 Å². The number of aliphatic hydroxyl groups excluding tert-OH is 2. The summed E-state index contributed by atoms with van der Waals surface area (Å²) in [6, 6.07) is -0.618. The lowest BCUT2D eigenvalue weighted by molar-refractivity contribution is -0.0773. The maximum absolute atomic E-state index is 12.7. The van der Waals surface area contributed by atoms with E-state index in [2.05, 4.69) is 6.92 Å². The Balaban J connectivity index is 2.28. The Morgan fingerprint density at radius 3 is 1.91 bits per heavy atom. The van der Waals surface area contributed by atoms with Crippen molar-refractivity contribution in [1.29, 1.82) is 0 Å². The van der Waals surface area contributed by atoms with Gasteiger partial charge in [0.05, 0.1) is 18.8 Å². The van der Waals surface area contributed by atoms with Gasteiger partial charge in [0.2, 0.25) is 0 Å². The standard InChI is InChI=1S/C26H51NO5/c1-7-8-9-10-11-12-13-14-15-16-17-18-19-22(28)23(29)21-20-31-26(5,6)27(21)24(30)32-25(2,3)4/h21-23,28-29H,7-20H2,1-6H3/t21-,22+,23+/m0/s1. The Labute approximate surface area is 197 Å². The van der Waals surface area contributed by atoms with Crippen LogP contribution < -0.4 is 0 Å². The molecule has 1 saturated heterocycles. The molecule has 1 amide bonds. The summed E-state index contributed by atoms with van der Waals surface area (Å²) in [5, 5.41) is 21.3. The maximum Gasteiger partial charge on any atom is 0.412 e. The highest BCUT2D eigenvalue weighted by Gasteiger charge is 2.49. The number of aliphatic hydroxyl groups is 2. The molecule has 0 aromatic heterocycles. The molecule has 3 atom stereocenters. The van der Waals surface area contributed by atoms with Crippen LogP contribution in [0.2, 0.25) is 0 Å². The summed E-state index contributed by atoms with van der Waals surface area (Å²) in [6.45, 7) is 11.4. The zero-order chi connectivity index (χ0) is 24.2. The van der Waals surface area contributed by atoms with Crippen LogP contribution in [0.25, 0.3) is 0 Å². The van der Waals surface area contributed by atoms with Crippen molar-refractivity contribution in [3.8, 4) is 0 Å². The van der Waals surface area contributed by atoms with Gasteiger partial charge in [-0.15, -0.1) is 0 Å². The number of hydrogen-bond donors (Lipinski definition) is 2. The van der Waals surface area contributed by atoms with Crippen LogP contribution in [0.3, 0.4) is 0 Å². The van der Waals surface area contributed by atoms with E-state index in [0.29, 0.717) is 6.42 Å². The van der Waals surface area contributed by atoms with Gasteiger partial charge in [0.15, 0.2) is 0 Å². The first-order valence-corrected chi connectivity index (χ1v) is 13.0. The average Bonchev–Trinajstić information content (AvgIpc) is 3.01. The minimum atomic E-state index is -1.06. The third kappa shape index (κ3) is 10.8. The predicted octanol–water partition coefficient (Wildman–Crippen LogP) is 6.17. The van der Waals surface area contributed by atoms with Crippen LogP contribution in [0.5, 0.6) is 0 Å². The Hall–Kier alpha value is -0.850. The van der Waals surface area contributed by atoms with Crippen LogP contribution in [0.15, 0.2) is 0 Å². The average molecular weight is 458 g/mol. The van der Waals surface area contributed by atoms with E-state index >= 15 is 0 Å². The Bertz CT molecular complexity index is 517. The number of carbonyl (C=O) groups excluding carboxylic acids is 1. The number of hydrogen-bond acceptors (Lipinski definition) is 5. The number of nitrogens with zero attached hydrogens (tertiary/aromatic N) is 1. The quantitative estimate of drug-likeness (QED) is 0.287. The third-order valence-corrected chi connectivity index (χ3v) is 6.25. The molecular weight excluding hydrogens is 406 g/mol. The molecule has 0 unspecified atom stereocenters. The van der Waals surface area contributed by atoms with Gasteiger partial charge in [0, 0.05) is 0 Å². The Morgan fingerprint density at radius 2 is 1.44 bits per heavy atom. The van der Waals surface area contributed by atoms with Gasteiger partial charge in [0.25, 0.3) is 0 Å². The van der Waals surface area contributed by atoms with Crippen molar-refractivity contribution in [3.63, 3.8) is 0 Å². The predicted molar refractivity (Wildman–Crippen MR) is 130 cm³/mol. The molecule has 0 aromatic carbocycles. The zero-order valence-corrected chi connectivity index (χ0v) is 21.7. The maximum atomic E-state index is 12.7. The van der Waals surface area contributed by atoms with Gasteiger partial charge < -0.3 is 19.7 Å². The van der Waals surface area contributed by atoms with Crippen molar-refractivity contribution in [2.24, 2.45) is 0 Å². The van der Waals surface area contributed by atoms with E-state index in [-0.39, 0.29) is 6.61 Å². The minimum Gasteiger partial charge on any atom is -0.444 e. The summed E-state index contributed by atoms with van der Waals surface area (Å²) in [6.07, 6.45) is 13.2. The molecule has 2 N–H and O–H groups in total. The molecule has 6 heteroatoms. The van der Waals surface area contributed by atoms with Crippen molar-refractivity contribution in [2.75, 3.05) is 6.61 Å². The fraction of sp³-hybridized carbons (Fsp3) is 0.962. The highest BCUT2D eigenvalue weighted by molar-refractivity contribution is 5.70. The molecule has 6 nitrogen and oxygen atoms in total. The summed E-state index contributed by atoms with van der Waals surface area (Å²) < 4.78 is 11.3. The van der Waals surface area contributed by atoms with Crippen LogP contribution >= 0.6 is 0 Å². The summed E-state index contributed by atoms with van der Waals surface area (Å²) in [4.78, 5) is 14.2. The van der Waals surface area contributed by atoms with Crippen molar-refractivity contribution in [3.05, 3.63) is 0 Å². The monoisotopic (exact) mass is 457 g/mol. The van der Waals surface area contributed by atoms with Crippen LogP contribution in [-0.4, -0.2) is 57.4 Å². The largest absolute Gasteiger partial charge is 0.444 e. The molecule has 0 radical (unpaired) electrons. The van der Waals surface area contributed by atoms with Crippen LogP contribution in [0, 0.1) is 0 Å². The van der Waals surface area contributed by atoms with Crippen LogP contribution in [0.4, 0.5) is 4.79 Å². The van der Waals surface area contributed by atoms with Gasteiger partial charge >= 0.3 is 6.09 Å². The summed E-state index contributed by atoms with van der Waals surface area (Å²) in [5.41, 5.74) is -1.53. The first-order valence-electron chi connectivity index (χ1n) is 13.0. The second kappa shape index (κ2) is 14.4. The highest BCUT2D eigenvalue weighted by Crippen LogP contribution is 2.32. The molecule has 1 fully saturated rings. The number of rotatable bonds is 15. The van der Waals surface area contributed by atoms with E-state index < -0.39 is 35.7 Å². The van der Waals surface area contributed by atoms with E-state index in [1.54, 1.807) is 13.8 Å². The molecule has 1 aliphatic heterocycles. The van der Waals surface area contributed by atoms with Gasteiger partial charge in [-0.3, -0.25) is 4.90 Å². The molecule has 1 rings (SSSR count). The first kappa shape index (κ1) is 29.2. The number of amides is 1. The zero-order valence-electron chi connectivity index (χ0n) is 21.7. The minimum absolute atomic E-state index is 0.183. The van der Waals surface area contributed by atoms with Gasteiger partial charge in [-0.2, -0.15) is 0 Å². The molecular formula is C26H51NO5. The fourth-order valence-electron chi connectivity index (χ4n) is 4.37. The van der Waals surface area contributed by atoms with Gasteiger partial charge in [-0.05, 0) is 41.0 Å². The lowest BCUT2D eigenvalue weighted by Crippen LogP contribution is -2.55. The molecule has 0 aromatic rings. The normalized spacial score (nSPS) is 20.4. The Kier molecular flexibility index (Phi) is 13.2. The third-order valence-electron chi connectivity index (χ3n) is 6.25. The molecule has 1 aliphatic rings. The van der Waals surface area contributed by atoms with Gasteiger partial charge in [-0.25, -0.2) is 4.79 Å². The van der Waals surface area contributed by atoms with Crippen molar-refractivity contribution < 1.29 is 24.5 Å². The summed E-state index contributed by atoms with van der Waals surface area (Å²) in [5.74, 6) is 0. The summed E-state index contributed by atoms with van der Waals surface area (Å²) in [7, 11) is 0. The van der Waals surface area contributed by atoms with Gasteiger partial charge in [0.1, 0.15) is 17.4 Å². The van der Waals surface area contributed by atoms with E-state index in [0.717, 1.165) is 12.8 Å². The second-order valence-corrected chi connectivity index (χ2v) is 10.9. The van der Waals surface area contributed by atoms with Crippen molar-refractivity contribution in [1.82, 2.24) is 4.90 Å². The van der Waals surface area contributed by atoms with E-state index in [1.807, 2.05) is 20.8 Å². The van der Waals surface area contributed by atoms with E-state index in [1.165, 1.54) is 69.1 Å². The van der Waals surface area contributed by atoms with Crippen molar-refractivity contribution in [2.45, 2.75) is 155 Å². The topological polar surface area (TPSA) is 79.2 Å². The summed E-state index contributed by atoms with van der Waals surface area (Å²) >= 11 is 0. The molecule has 0 aliphatic carbocycles. The van der Waals surface area contributed by atoms with Crippen LogP contribution in [0.1, 0.15) is 125 Å². The molecule has 0 saturated carbocycles. The Morgan fingerprint density at radius 1 is 0.969 bits per heavy atom. The number of unbranched alkanes of at least 4 members (excludes halogenated alkanes) is 11. The molecule has 190 valence electrons. The number of ether oxygens (including phenoxy) is 2. The first-order chi connectivity index (χ1) is 15.0. The number of carbonyl (C=O) groups is 1. The van der Waals surface area contributed by atoms with Gasteiger partial charge in [-0.1, -0.05) is 84.0 Å². The molecule has 0 bridgehead atoms. The highest BCUT2D eigenvalue weighted by atomic mass is 16.6. The lowest BCUT2D eigenvalue weighted by atomic mass is 9.98. The molecule has 0 spiro atoms.